The monoisotopic (exact) mass is 298 g/mol. The van der Waals surface area contributed by atoms with Crippen molar-refractivity contribution in [3.8, 4) is 10.4 Å². The number of carbonyl (C=O) groups is 1. The van der Waals surface area contributed by atoms with E-state index in [1.54, 1.807) is 0 Å². The van der Waals surface area contributed by atoms with Crippen molar-refractivity contribution < 1.29 is 4.79 Å². The normalized spacial score (nSPS) is 10.4. The Bertz CT molecular complexity index is 729. The molecule has 2 aromatic carbocycles. The Labute approximate surface area is 126 Å². The molecule has 1 heterocycles. The van der Waals surface area contributed by atoms with Crippen molar-refractivity contribution in [2.24, 2.45) is 0 Å². The van der Waals surface area contributed by atoms with Crippen molar-refractivity contribution >= 4 is 28.7 Å². The summed E-state index contributed by atoms with van der Waals surface area (Å²) in [5, 5.41) is 0.714. The first-order valence-corrected chi connectivity index (χ1v) is 7.39. The summed E-state index contributed by atoms with van der Waals surface area (Å²) in [6.07, 6.45) is 0. The minimum atomic E-state index is 0.0656. The lowest BCUT2D eigenvalue weighted by molar-refractivity contribution is 0.104. The van der Waals surface area contributed by atoms with E-state index in [9.17, 15) is 4.79 Å². The van der Waals surface area contributed by atoms with Crippen molar-refractivity contribution in [3.63, 3.8) is 0 Å². The second-order valence-electron chi connectivity index (χ2n) is 4.37. The first kappa shape index (κ1) is 13.1. The van der Waals surface area contributed by atoms with Crippen LogP contribution in [0.3, 0.4) is 0 Å². The highest BCUT2D eigenvalue weighted by atomic mass is 35.5. The molecule has 3 aromatic rings. The van der Waals surface area contributed by atoms with Crippen molar-refractivity contribution in [3.05, 3.63) is 82.2 Å². The third kappa shape index (κ3) is 2.67. The van der Waals surface area contributed by atoms with Crippen LogP contribution in [-0.4, -0.2) is 5.78 Å². The summed E-state index contributed by atoms with van der Waals surface area (Å²) in [6, 6.07) is 20.8. The summed E-state index contributed by atoms with van der Waals surface area (Å²) in [6.45, 7) is 0. The van der Waals surface area contributed by atoms with Crippen LogP contribution in [-0.2, 0) is 0 Å². The van der Waals surface area contributed by atoms with E-state index in [0.29, 0.717) is 5.02 Å². The summed E-state index contributed by atoms with van der Waals surface area (Å²) < 4.78 is 0. The zero-order valence-corrected chi connectivity index (χ0v) is 12.1. The fraction of sp³-hybridized carbons (Fsp3) is 0. The van der Waals surface area contributed by atoms with Gasteiger partial charge in [0.25, 0.3) is 0 Å². The van der Waals surface area contributed by atoms with Crippen LogP contribution in [0.2, 0.25) is 5.02 Å². The largest absolute Gasteiger partial charge is 0.288 e. The highest BCUT2D eigenvalue weighted by Gasteiger charge is 2.12. The van der Waals surface area contributed by atoms with E-state index < -0.39 is 0 Å². The van der Waals surface area contributed by atoms with E-state index in [-0.39, 0.29) is 5.78 Å². The lowest BCUT2D eigenvalue weighted by Gasteiger charge is -1.98. The number of ketones is 1. The molecule has 0 saturated heterocycles. The number of rotatable bonds is 3. The van der Waals surface area contributed by atoms with Crippen molar-refractivity contribution in [2.75, 3.05) is 0 Å². The number of benzene rings is 2. The van der Waals surface area contributed by atoms with Crippen LogP contribution in [0.1, 0.15) is 15.2 Å². The number of carbonyl (C=O) groups excluding carboxylic acids is 1. The lowest BCUT2D eigenvalue weighted by Crippen LogP contribution is -1.97. The van der Waals surface area contributed by atoms with Crippen molar-refractivity contribution in [1.29, 1.82) is 0 Å². The molecule has 3 heteroatoms. The topological polar surface area (TPSA) is 17.1 Å². The Morgan fingerprint density at radius 1 is 0.850 bits per heavy atom. The third-order valence-electron chi connectivity index (χ3n) is 2.99. The molecule has 0 bridgehead atoms. The Morgan fingerprint density at radius 2 is 1.55 bits per heavy atom. The van der Waals surface area contributed by atoms with Crippen LogP contribution in [0.15, 0.2) is 66.7 Å². The standard InChI is InChI=1S/C17H11ClOS/c18-14-8-6-12(7-9-14)15-10-11-16(20-15)17(19)13-4-2-1-3-5-13/h1-11H. The van der Waals surface area contributed by atoms with Gasteiger partial charge in [-0.15, -0.1) is 11.3 Å². The lowest BCUT2D eigenvalue weighted by atomic mass is 10.1. The van der Waals surface area contributed by atoms with E-state index in [1.165, 1.54) is 11.3 Å². The molecule has 0 saturated carbocycles. The zero-order chi connectivity index (χ0) is 13.9. The van der Waals surface area contributed by atoms with Gasteiger partial charge in [0.2, 0.25) is 5.78 Å². The predicted octanol–water partition coefficient (Wildman–Crippen LogP) is 5.30. The van der Waals surface area contributed by atoms with E-state index in [4.69, 9.17) is 11.6 Å². The van der Waals surface area contributed by atoms with E-state index >= 15 is 0 Å². The van der Waals surface area contributed by atoms with Gasteiger partial charge >= 0.3 is 0 Å². The molecule has 3 rings (SSSR count). The van der Waals surface area contributed by atoms with Gasteiger partial charge in [0.1, 0.15) is 0 Å². The quantitative estimate of drug-likeness (QED) is 0.600. The van der Waals surface area contributed by atoms with E-state index in [2.05, 4.69) is 0 Å². The smallest absolute Gasteiger partial charge is 0.202 e. The van der Waals surface area contributed by atoms with Crippen LogP contribution in [0.4, 0.5) is 0 Å². The minimum absolute atomic E-state index is 0.0656. The first-order chi connectivity index (χ1) is 9.74. The van der Waals surface area contributed by atoms with E-state index in [0.717, 1.165) is 20.9 Å². The maximum atomic E-state index is 12.3. The van der Waals surface area contributed by atoms with Crippen LogP contribution < -0.4 is 0 Å². The molecule has 0 radical (unpaired) electrons. The van der Waals surface area contributed by atoms with Crippen LogP contribution in [0, 0.1) is 0 Å². The Hall–Kier alpha value is -1.90. The average molecular weight is 299 g/mol. The molecular formula is C17H11ClOS. The molecule has 0 atom stereocenters. The molecule has 98 valence electrons. The highest BCUT2D eigenvalue weighted by Crippen LogP contribution is 2.30. The average Bonchev–Trinajstić information content (AvgIpc) is 2.98. The maximum absolute atomic E-state index is 12.3. The van der Waals surface area contributed by atoms with Crippen LogP contribution >= 0.6 is 22.9 Å². The second-order valence-corrected chi connectivity index (χ2v) is 5.89. The molecule has 0 fully saturated rings. The van der Waals surface area contributed by atoms with Crippen molar-refractivity contribution in [2.45, 2.75) is 0 Å². The van der Waals surface area contributed by atoms with Gasteiger partial charge in [0, 0.05) is 15.5 Å². The maximum Gasteiger partial charge on any atom is 0.202 e. The summed E-state index contributed by atoms with van der Waals surface area (Å²) in [5.74, 6) is 0.0656. The summed E-state index contributed by atoms with van der Waals surface area (Å²) in [5.41, 5.74) is 1.79. The van der Waals surface area contributed by atoms with Gasteiger partial charge < -0.3 is 0 Å². The van der Waals surface area contributed by atoms with Gasteiger partial charge in [-0.25, -0.2) is 0 Å². The van der Waals surface area contributed by atoms with Gasteiger partial charge in [-0.2, -0.15) is 0 Å². The molecule has 0 aliphatic heterocycles. The summed E-state index contributed by atoms with van der Waals surface area (Å²) in [7, 11) is 0. The van der Waals surface area contributed by atoms with Gasteiger partial charge in [-0.3, -0.25) is 4.79 Å². The molecule has 0 N–H and O–H groups in total. The molecule has 0 amide bonds. The molecule has 1 nitrogen and oxygen atoms in total. The molecule has 20 heavy (non-hydrogen) atoms. The molecule has 0 unspecified atom stereocenters. The zero-order valence-electron chi connectivity index (χ0n) is 10.5. The first-order valence-electron chi connectivity index (χ1n) is 6.19. The Balaban J connectivity index is 1.91. The van der Waals surface area contributed by atoms with Crippen molar-refractivity contribution in [1.82, 2.24) is 0 Å². The molecule has 0 spiro atoms. The fourth-order valence-electron chi connectivity index (χ4n) is 1.96. The number of hydrogen-bond acceptors (Lipinski definition) is 2. The number of hydrogen-bond donors (Lipinski definition) is 0. The van der Waals surface area contributed by atoms with Gasteiger partial charge in [0.15, 0.2) is 0 Å². The predicted molar refractivity (Wildman–Crippen MR) is 84.6 cm³/mol. The summed E-state index contributed by atoms with van der Waals surface area (Å²) >= 11 is 7.39. The molecule has 0 aliphatic carbocycles. The van der Waals surface area contributed by atoms with Gasteiger partial charge in [-0.1, -0.05) is 54.1 Å². The van der Waals surface area contributed by atoms with Crippen LogP contribution in [0.5, 0.6) is 0 Å². The second kappa shape index (κ2) is 5.61. The highest BCUT2D eigenvalue weighted by molar-refractivity contribution is 7.17. The Kier molecular flexibility index (Phi) is 3.68. The van der Waals surface area contributed by atoms with E-state index in [1.807, 2.05) is 66.7 Å². The molecular weight excluding hydrogens is 288 g/mol. The molecule has 0 aliphatic rings. The SMILES string of the molecule is O=C(c1ccccc1)c1ccc(-c2ccc(Cl)cc2)s1. The van der Waals surface area contributed by atoms with Gasteiger partial charge in [-0.05, 0) is 29.8 Å². The summed E-state index contributed by atoms with van der Waals surface area (Å²) in [4.78, 5) is 14.2. The van der Waals surface area contributed by atoms with Crippen LogP contribution in [0.25, 0.3) is 10.4 Å². The fourth-order valence-corrected chi connectivity index (χ4v) is 3.06. The minimum Gasteiger partial charge on any atom is -0.288 e. The third-order valence-corrected chi connectivity index (χ3v) is 4.38. The van der Waals surface area contributed by atoms with Gasteiger partial charge in [0.05, 0.1) is 4.88 Å². The molecule has 1 aromatic heterocycles. The Morgan fingerprint density at radius 3 is 2.25 bits per heavy atom. The number of thiophene rings is 1. The number of halogens is 1.